The van der Waals surface area contributed by atoms with Crippen molar-refractivity contribution in [3.8, 4) is 0 Å². The molecule has 0 radical (unpaired) electrons. The topological polar surface area (TPSA) is 49.8 Å². The number of amides is 1. The van der Waals surface area contributed by atoms with Crippen LogP contribution in [-0.2, 0) is 9.22 Å². The predicted molar refractivity (Wildman–Crippen MR) is 86.2 cm³/mol. The van der Waals surface area contributed by atoms with Crippen LogP contribution in [0.1, 0.15) is 41.0 Å². The molecule has 0 rings (SSSR count). The second kappa shape index (κ2) is 6.58. The third-order valence-electron chi connectivity index (χ3n) is 4.45. The molecule has 0 aliphatic heterocycles. The minimum absolute atomic E-state index is 0.0580. The summed E-state index contributed by atoms with van der Waals surface area (Å²) in [5, 5.41) is 10.4. The van der Waals surface area contributed by atoms with Crippen LogP contribution in [0.25, 0.3) is 0 Å². The quantitative estimate of drug-likeness (QED) is 0.768. The van der Waals surface area contributed by atoms with Gasteiger partial charge in [-0.2, -0.15) is 0 Å². The van der Waals surface area contributed by atoms with E-state index >= 15 is 0 Å². The number of nitrogens with zero attached hydrogens (tertiary/aromatic N) is 1. The summed E-state index contributed by atoms with van der Waals surface area (Å²) < 4.78 is 6.05. The number of aliphatic hydroxyl groups excluding tert-OH is 1. The van der Waals surface area contributed by atoms with Crippen LogP contribution in [0.3, 0.4) is 0 Å². The fourth-order valence-electron chi connectivity index (χ4n) is 1.72. The Morgan fingerprint density at radius 3 is 2.00 bits per heavy atom. The summed E-state index contributed by atoms with van der Waals surface area (Å²) >= 11 is 0. The first-order valence-corrected chi connectivity index (χ1v) is 10.2. The molecule has 0 aromatic rings. The molecule has 1 atom stereocenters. The summed E-state index contributed by atoms with van der Waals surface area (Å²) in [5.41, 5.74) is -0.777. The van der Waals surface area contributed by atoms with Crippen molar-refractivity contribution >= 4 is 14.2 Å². The summed E-state index contributed by atoms with van der Waals surface area (Å²) in [4.78, 5) is 13.6. The third kappa shape index (κ3) is 4.86. The van der Waals surface area contributed by atoms with Crippen molar-refractivity contribution in [1.29, 1.82) is 0 Å². The van der Waals surface area contributed by atoms with Gasteiger partial charge in [-0.1, -0.05) is 20.8 Å². The van der Waals surface area contributed by atoms with Gasteiger partial charge < -0.3 is 14.4 Å². The van der Waals surface area contributed by atoms with Gasteiger partial charge in [0.05, 0.1) is 11.5 Å². The zero-order valence-corrected chi connectivity index (χ0v) is 15.7. The zero-order chi connectivity index (χ0) is 16.4. The van der Waals surface area contributed by atoms with E-state index < -0.39 is 19.8 Å². The molecule has 4 nitrogen and oxygen atoms in total. The number of aliphatic hydroxyl groups is 1. The Bertz CT molecular complexity index is 333. The lowest BCUT2D eigenvalue weighted by molar-refractivity contribution is -0.144. The molecule has 0 saturated carbocycles. The van der Waals surface area contributed by atoms with Gasteiger partial charge >= 0.3 is 0 Å². The largest absolute Gasteiger partial charge is 0.417 e. The fourth-order valence-corrected chi connectivity index (χ4v) is 2.78. The molecular formula is C15H33NO3Si. The van der Waals surface area contributed by atoms with Gasteiger partial charge in [0, 0.05) is 20.7 Å². The van der Waals surface area contributed by atoms with Gasteiger partial charge in [0.1, 0.15) is 0 Å². The molecule has 0 bridgehead atoms. The van der Waals surface area contributed by atoms with Crippen LogP contribution in [0, 0.1) is 5.41 Å². The maximum absolute atomic E-state index is 12.1. The van der Waals surface area contributed by atoms with Crippen LogP contribution >= 0.6 is 0 Å². The van der Waals surface area contributed by atoms with Crippen LogP contribution in [0.2, 0.25) is 18.1 Å². The molecule has 5 heteroatoms. The van der Waals surface area contributed by atoms with Crippen LogP contribution in [-0.4, -0.2) is 51.0 Å². The normalized spacial score (nSPS) is 15.1. The Labute approximate surface area is 125 Å². The smallest absolute Gasteiger partial charge is 0.230 e. The summed E-state index contributed by atoms with van der Waals surface area (Å²) in [6.07, 6.45) is -0.207. The van der Waals surface area contributed by atoms with Crippen molar-refractivity contribution in [2.24, 2.45) is 5.41 Å². The first-order chi connectivity index (χ1) is 8.73. The maximum Gasteiger partial charge on any atom is 0.230 e. The predicted octanol–water partition coefficient (Wildman–Crippen LogP) is 2.87. The lowest BCUT2D eigenvalue weighted by Gasteiger charge is -2.37. The molecule has 0 aliphatic carbocycles. The number of rotatable bonds is 6. The lowest BCUT2D eigenvalue weighted by Crippen LogP contribution is -2.46. The van der Waals surface area contributed by atoms with Gasteiger partial charge in [0.15, 0.2) is 8.32 Å². The zero-order valence-electron chi connectivity index (χ0n) is 14.7. The highest BCUT2D eigenvalue weighted by atomic mass is 28.4. The lowest BCUT2D eigenvalue weighted by atomic mass is 9.83. The standard InChI is InChI=1S/C15H33NO3Si/c1-14(2,3)20(8,9)19-11-10-12(17)15(4,5)13(18)16(6)7/h12,17H,10-11H2,1-9H3/t12-/m0/s1. The Balaban J connectivity index is 4.51. The number of hydrogen-bond acceptors (Lipinski definition) is 3. The van der Waals surface area contributed by atoms with E-state index in [1.165, 1.54) is 4.90 Å². The average molecular weight is 304 g/mol. The van der Waals surface area contributed by atoms with Crippen LogP contribution in [0.5, 0.6) is 0 Å². The van der Waals surface area contributed by atoms with Crippen molar-refractivity contribution in [1.82, 2.24) is 4.90 Å². The maximum atomic E-state index is 12.1. The number of carbonyl (C=O) groups excluding carboxylic acids is 1. The third-order valence-corrected chi connectivity index (χ3v) is 8.99. The van der Waals surface area contributed by atoms with Crippen LogP contribution in [0.15, 0.2) is 0 Å². The van der Waals surface area contributed by atoms with E-state index in [1.807, 2.05) is 0 Å². The van der Waals surface area contributed by atoms with Crippen molar-refractivity contribution in [2.75, 3.05) is 20.7 Å². The second-order valence-electron chi connectivity index (χ2n) is 7.83. The SMILES string of the molecule is CN(C)C(=O)C(C)(C)[C@@H](O)CCO[Si](C)(C)C(C)(C)C. The Morgan fingerprint density at radius 2 is 1.65 bits per heavy atom. The van der Waals surface area contributed by atoms with Crippen molar-refractivity contribution < 1.29 is 14.3 Å². The number of carbonyl (C=O) groups is 1. The molecule has 1 N–H and O–H groups in total. The van der Waals surface area contributed by atoms with E-state index in [9.17, 15) is 9.90 Å². The second-order valence-corrected chi connectivity index (χ2v) is 12.6. The molecule has 0 unspecified atom stereocenters. The van der Waals surface area contributed by atoms with Gasteiger partial charge in [-0.25, -0.2) is 0 Å². The molecule has 0 spiro atoms. The summed E-state index contributed by atoms with van der Waals surface area (Å²) in [5.74, 6) is -0.0580. The Kier molecular flexibility index (Phi) is 6.45. The van der Waals surface area contributed by atoms with E-state index in [4.69, 9.17) is 4.43 Å². The monoisotopic (exact) mass is 303 g/mol. The van der Waals surface area contributed by atoms with E-state index in [1.54, 1.807) is 27.9 Å². The van der Waals surface area contributed by atoms with Gasteiger partial charge in [-0.15, -0.1) is 0 Å². The molecule has 0 aromatic heterocycles. The molecule has 20 heavy (non-hydrogen) atoms. The van der Waals surface area contributed by atoms with Crippen molar-refractivity contribution in [3.05, 3.63) is 0 Å². The van der Waals surface area contributed by atoms with Gasteiger partial charge in [-0.3, -0.25) is 4.79 Å². The van der Waals surface area contributed by atoms with Gasteiger partial charge in [0.25, 0.3) is 0 Å². The van der Waals surface area contributed by atoms with Gasteiger partial charge in [0.2, 0.25) is 5.91 Å². The Morgan fingerprint density at radius 1 is 1.20 bits per heavy atom. The summed E-state index contributed by atoms with van der Waals surface area (Å²) in [6, 6.07) is 0. The molecule has 1 amide bonds. The molecular weight excluding hydrogens is 270 g/mol. The van der Waals surface area contributed by atoms with Crippen LogP contribution < -0.4 is 0 Å². The van der Waals surface area contributed by atoms with Crippen molar-refractivity contribution in [2.45, 2.75) is 65.3 Å². The molecule has 0 fully saturated rings. The average Bonchev–Trinajstić information content (AvgIpc) is 2.25. The molecule has 0 heterocycles. The first-order valence-electron chi connectivity index (χ1n) is 7.27. The van der Waals surface area contributed by atoms with Crippen LogP contribution in [0.4, 0.5) is 0 Å². The minimum atomic E-state index is -1.79. The molecule has 0 saturated heterocycles. The van der Waals surface area contributed by atoms with Gasteiger partial charge in [-0.05, 0) is 38.4 Å². The van der Waals surface area contributed by atoms with E-state index in [2.05, 4.69) is 33.9 Å². The first kappa shape index (κ1) is 19.6. The highest BCUT2D eigenvalue weighted by Crippen LogP contribution is 2.37. The highest BCUT2D eigenvalue weighted by molar-refractivity contribution is 6.74. The highest BCUT2D eigenvalue weighted by Gasteiger charge is 2.39. The molecule has 0 aromatic carbocycles. The molecule has 120 valence electrons. The number of hydrogen-bond donors (Lipinski definition) is 1. The summed E-state index contributed by atoms with van der Waals surface area (Å²) in [7, 11) is 1.64. The fraction of sp³-hybridized carbons (Fsp3) is 0.933. The molecule has 0 aliphatic rings. The van der Waals surface area contributed by atoms with Crippen molar-refractivity contribution in [3.63, 3.8) is 0 Å². The minimum Gasteiger partial charge on any atom is -0.417 e. The summed E-state index contributed by atoms with van der Waals surface area (Å²) in [6.45, 7) is 15.0. The van der Waals surface area contributed by atoms with E-state index in [0.29, 0.717) is 13.0 Å². The Hall–Kier alpha value is -0.393. The van der Waals surface area contributed by atoms with E-state index in [-0.39, 0.29) is 10.9 Å². The van der Waals surface area contributed by atoms with E-state index in [0.717, 1.165) is 0 Å².